The number of carbonyl (C=O) groups is 2. The zero-order valence-electron chi connectivity index (χ0n) is 13.8. The first kappa shape index (κ1) is 17.3. The van der Waals surface area contributed by atoms with E-state index in [0.717, 1.165) is 5.56 Å². The van der Waals surface area contributed by atoms with Crippen molar-refractivity contribution in [1.82, 2.24) is 0 Å². The number of esters is 1. The van der Waals surface area contributed by atoms with Crippen LogP contribution in [0, 0.1) is 6.92 Å². The van der Waals surface area contributed by atoms with Crippen molar-refractivity contribution < 1.29 is 24.2 Å². The lowest BCUT2D eigenvalue weighted by molar-refractivity contribution is -0.134. The Balaban J connectivity index is 2.21. The van der Waals surface area contributed by atoms with Crippen molar-refractivity contribution >= 4 is 17.6 Å². The highest BCUT2D eigenvalue weighted by Gasteiger charge is 2.14. The van der Waals surface area contributed by atoms with E-state index in [1.165, 1.54) is 25.3 Å². The lowest BCUT2D eigenvalue weighted by Gasteiger charge is -2.11. The molecule has 1 amide bonds. The van der Waals surface area contributed by atoms with Gasteiger partial charge in [-0.25, -0.2) is 0 Å². The highest BCUT2D eigenvalue weighted by atomic mass is 16.6. The molecular formula is C18H19NO5. The number of methoxy groups -OCH3 is 1. The summed E-state index contributed by atoms with van der Waals surface area (Å²) in [6, 6.07) is 9.44. The molecule has 0 spiro atoms. The highest BCUT2D eigenvalue weighted by molar-refractivity contribution is 6.05. The molecule has 6 heteroatoms. The second-order valence-corrected chi connectivity index (χ2v) is 5.17. The van der Waals surface area contributed by atoms with Crippen LogP contribution >= 0.6 is 0 Å². The number of carbonyl (C=O) groups excluding carboxylic acids is 2. The molecule has 126 valence electrons. The number of rotatable bonds is 5. The first-order chi connectivity index (χ1) is 11.4. The van der Waals surface area contributed by atoms with Crippen LogP contribution in [0.1, 0.15) is 29.3 Å². The normalized spacial score (nSPS) is 10.1. The van der Waals surface area contributed by atoms with Gasteiger partial charge < -0.3 is 19.9 Å². The smallest absolute Gasteiger partial charge is 0.311 e. The summed E-state index contributed by atoms with van der Waals surface area (Å²) < 4.78 is 10.3. The Labute approximate surface area is 140 Å². The van der Waals surface area contributed by atoms with Gasteiger partial charge in [0.05, 0.1) is 12.8 Å². The molecule has 0 heterocycles. The molecule has 0 bridgehead atoms. The fraction of sp³-hybridized carbons (Fsp3) is 0.222. The molecule has 0 aliphatic carbocycles. The average molecular weight is 329 g/mol. The minimum Gasteiger partial charge on any atom is -0.506 e. The third-order valence-electron chi connectivity index (χ3n) is 3.34. The van der Waals surface area contributed by atoms with E-state index in [4.69, 9.17) is 9.47 Å². The van der Waals surface area contributed by atoms with Gasteiger partial charge in [0.15, 0.2) is 11.5 Å². The van der Waals surface area contributed by atoms with Crippen molar-refractivity contribution in [2.45, 2.75) is 20.3 Å². The maximum atomic E-state index is 12.3. The summed E-state index contributed by atoms with van der Waals surface area (Å²) in [5, 5.41) is 12.5. The molecule has 6 nitrogen and oxygen atoms in total. The second kappa shape index (κ2) is 7.50. The van der Waals surface area contributed by atoms with Gasteiger partial charge in [0, 0.05) is 12.0 Å². The van der Waals surface area contributed by atoms with Gasteiger partial charge in [-0.05, 0) is 42.8 Å². The number of anilines is 1. The molecule has 0 aliphatic rings. The topological polar surface area (TPSA) is 84.9 Å². The first-order valence-electron chi connectivity index (χ1n) is 7.44. The summed E-state index contributed by atoms with van der Waals surface area (Å²) in [4.78, 5) is 23.7. The second-order valence-electron chi connectivity index (χ2n) is 5.17. The lowest BCUT2D eigenvalue weighted by atomic mass is 10.1. The molecule has 0 atom stereocenters. The summed E-state index contributed by atoms with van der Waals surface area (Å²) in [5.74, 6) is -0.295. The standard InChI is InChI=1S/C18H19NO5/c1-4-17(21)24-15-8-6-12(10-16(15)23-3)18(22)19-13-7-5-11(2)9-14(13)20/h5-10,20H,4H2,1-3H3,(H,19,22). The molecule has 0 aliphatic heterocycles. The largest absolute Gasteiger partial charge is 0.506 e. The van der Waals surface area contributed by atoms with Crippen LogP contribution in [0.25, 0.3) is 0 Å². The van der Waals surface area contributed by atoms with Crippen molar-refractivity contribution in [2.75, 3.05) is 12.4 Å². The quantitative estimate of drug-likeness (QED) is 0.499. The fourth-order valence-electron chi connectivity index (χ4n) is 2.03. The lowest BCUT2D eigenvalue weighted by Crippen LogP contribution is -2.13. The van der Waals surface area contributed by atoms with Gasteiger partial charge in [-0.1, -0.05) is 13.0 Å². The number of aryl methyl sites for hydroxylation is 1. The number of aromatic hydroxyl groups is 1. The molecule has 2 aromatic rings. The minimum atomic E-state index is -0.416. The summed E-state index contributed by atoms with van der Waals surface area (Å²) in [6.07, 6.45) is 0.234. The molecule has 0 radical (unpaired) electrons. The number of benzene rings is 2. The third-order valence-corrected chi connectivity index (χ3v) is 3.34. The van der Waals surface area contributed by atoms with Crippen molar-refractivity contribution in [2.24, 2.45) is 0 Å². The van der Waals surface area contributed by atoms with E-state index in [9.17, 15) is 14.7 Å². The van der Waals surface area contributed by atoms with Gasteiger partial charge in [-0.3, -0.25) is 9.59 Å². The van der Waals surface area contributed by atoms with Gasteiger partial charge in [0.1, 0.15) is 5.75 Å². The van der Waals surface area contributed by atoms with Crippen molar-refractivity contribution in [3.05, 3.63) is 47.5 Å². The van der Waals surface area contributed by atoms with E-state index in [1.807, 2.05) is 6.92 Å². The molecular weight excluding hydrogens is 310 g/mol. The Morgan fingerprint density at radius 1 is 1.12 bits per heavy atom. The molecule has 0 fully saturated rings. The minimum absolute atomic E-state index is 0.0104. The maximum absolute atomic E-state index is 12.3. The Hall–Kier alpha value is -3.02. The Kier molecular flexibility index (Phi) is 5.42. The Bertz CT molecular complexity index is 770. The maximum Gasteiger partial charge on any atom is 0.311 e. The molecule has 0 saturated heterocycles. The van der Waals surface area contributed by atoms with Crippen LogP contribution in [-0.2, 0) is 4.79 Å². The molecule has 2 N–H and O–H groups in total. The zero-order chi connectivity index (χ0) is 17.7. The summed E-state index contributed by atoms with van der Waals surface area (Å²) in [7, 11) is 1.42. The molecule has 2 aromatic carbocycles. The predicted molar refractivity (Wildman–Crippen MR) is 89.7 cm³/mol. The van der Waals surface area contributed by atoms with Crippen LogP contribution < -0.4 is 14.8 Å². The van der Waals surface area contributed by atoms with Crippen LogP contribution in [0.5, 0.6) is 17.2 Å². The van der Waals surface area contributed by atoms with E-state index in [2.05, 4.69) is 5.32 Å². The number of ether oxygens (including phenoxy) is 2. The molecule has 0 unspecified atom stereocenters. The Morgan fingerprint density at radius 3 is 2.50 bits per heavy atom. The number of phenols is 1. The summed E-state index contributed by atoms with van der Waals surface area (Å²) >= 11 is 0. The van der Waals surface area contributed by atoms with Gasteiger partial charge >= 0.3 is 5.97 Å². The van der Waals surface area contributed by atoms with E-state index >= 15 is 0 Å². The van der Waals surface area contributed by atoms with Crippen LogP contribution in [-0.4, -0.2) is 24.1 Å². The molecule has 0 saturated carbocycles. The average Bonchev–Trinajstić information content (AvgIpc) is 2.57. The number of hydrogen-bond donors (Lipinski definition) is 2. The van der Waals surface area contributed by atoms with E-state index < -0.39 is 11.9 Å². The Morgan fingerprint density at radius 2 is 1.88 bits per heavy atom. The fourth-order valence-corrected chi connectivity index (χ4v) is 2.03. The predicted octanol–water partition coefficient (Wildman–Crippen LogP) is 3.28. The first-order valence-corrected chi connectivity index (χ1v) is 7.44. The third kappa shape index (κ3) is 4.04. The van der Waals surface area contributed by atoms with Crippen molar-refractivity contribution in [3.63, 3.8) is 0 Å². The van der Waals surface area contributed by atoms with Gasteiger partial charge in [0.2, 0.25) is 0 Å². The zero-order valence-corrected chi connectivity index (χ0v) is 13.8. The van der Waals surface area contributed by atoms with Crippen LogP contribution in [0.3, 0.4) is 0 Å². The van der Waals surface area contributed by atoms with Crippen molar-refractivity contribution in [3.8, 4) is 17.2 Å². The molecule has 2 rings (SSSR count). The van der Waals surface area contributed by atoms with E-state index in [0.29, 0.717) is 11.3 Å². The summed E-state index contributed by atoms with van der Waals surface area (Å²) in [6.45, 7) is 3.52. The highest BCUT2D eigenvalue weighted by Crippen LogP contribution is 2.30. The summed E-state index contributed by atoms with van der Waals surface area (Å²) in [5.41, 5.74) is 1.50. The number of phenolic OH excluding ortho intramolecular Hbond substituents is 1. The SMILES string of the molecule is CCC(=O)Oc1ccc(C(=O)Nc2ccc(C)cc2O)cc1OC. The number of nitrogens with one attached hydrogen (secondary N) is 1. The van der Waals surface area contributed by atoms with Crippen molar-refractivity contribution in [1.29, 1.82) is 0 Å². The number of hydrogen-bond acceptors (Lipinski definition) is 5. The van der Waals surface area contributed by atoms with Gasteiger partial charge in [-0.2, -0.15) is 0 Å². The molecule has 0 aromatic heterocycles. The number of amides is 1. The van der Waals surface area contributed by atoms with Crippen LogP contribution in [0.2, 0.25) is 0 Å². The molecule has 24 heavy (non-hydrogen) atoms. The van der Waals surface area contributed by atoms with Gasteiger partial charge in [0.25, 0.3) is 5.91 Å². The van der Waals surface area contributed by atoms with Gasteiger partial charge in [-0.15, -0.1) is 0 Å². The van der Waals surface area contributed by atoms with E-state index in [1.54, 1.807) is 25.1 Å². The van der Waals surface area contributed by atoms with E-state index in [-0.39, 0.29) is 23.7 Å². The monoisotopic (exact) mass is 329 g/mol. The van der Waals surface area contributed by atoms with Crippen LogP contribution in [0.15, 0.2) is 36.4 Å². The van der Waals surface area contributed by atoms with Crippen LogP contribution in [0.4, 0.5) is 5.69 Å².